The number of hydrogen-bond donors (Lipinski definition) is 1. The minimum Gasteiger partial charge on any atom is -0.504 e. The van der Waals surface area contributed by atoms with Gasteiger partial charge in [0.15, 0.2) is 11.5 Å². The van der Waals surface area contributed by atoms with Crippen LogP contribution in [0.4, 0.5) is 19.4 Å². The Balaban J connectivity index is 2.40. The van der Waals surface area contributed by atoms with Gasteiger partial charge in [-0.05, 0) is 24.3 Å². The van der Waals surface area contributed by atoms with Crippen LogP contribution in [0, 0.1) is 0 Å². The molecule has 0 unspecified atom stereocenters. The van der Waals surface area contributed by atoms with Crippen LogP contribution in [0.15, 0.2) is 53.4 Å². The molecule has 2 aromatic carbocycles. The van der Waals surface area contributed by atoms with Crippen LogP contribution in [-0.2, 0) is 0 Å². The Morgan fingerprint density at radius 2 is 1.50 bits per heavy atom. The van der Waals surface area contributed by atoms with E-state index in [1.165, 1.54) is 24.3 Å². The molecule has 0 saturated heterocycles. The predicted molar refractivity (Wildman–Crippen MR) is 66.0 cm³/mol. The molecule has 2 rings (SSSR count). The maximum Gasteiger partial charge on any atom is 0.310 e. The summed E-state index contributed by atoms with van der Waals surface area (Å²) < 4.78 is 68.2. The average molecular weight is 312 g/mol. The van der Waals surface area contributed by atoms with E-state index in [4.69, 9.17) is 4.74 Å². The molecule has 0 aromatic heterocycles. The summed E-state index contributed by atoms with van der Waals surface area (Å²) in [6.07, 6.45) is 0. The van der Waals surface area contributed by atoms with E-state index in [2.05, 4.69) is 0 Å². The lowest BCUT2D eigenvalue weighted by Gasteiger charge is -2.40. The predicted octanol–water partition coefficient (Wildman–Crippen LogP) is 5.84. The second-order valence-electron chi connectivity index (χ2n) is 4.01. The lowest BCUT2D eigenvalue weighted by Crippen LogP contribution is -2.05. The van der Waals surface area contributed by atoms with Gasteiger partial charge in [0.1, 0.15) is 10.6 Å². The van der Waals surface area contributed by atoms with E-state index < -0.39 is 20.9 Å². The zero-order valence-electron chi connectivity index (χ0n) is 9.77. The van der Waals surface area contributed by atoms with E-state index in [1.807, 2.05) is 0 Å². The topological polar surface area (TPSA) is 29.5 Å². The Morgan fingerprint density at radius 1 is 0.850 bits per heavy atom. The van der Waals surface area contributed by atoms with E-state index in [0.717, 1.165) is 12.1 Å². The van der Waals surface area contributed by atoms with Crippen molar-refractivity contribution < 1.29 is 29.3 Å². The molecule has 0 radical (unpaired) electrons. The summed E-state index contributed by atoms with van der Waals surface area (Å²) >= 11 is 0. The van der Waals surface area contributed by atoms with Crippen LogP contribution in [0.5, 0.6) is 17.2 Å². The monoisotopic (exact) mass is 312 g/mol. The highest BCUT2D eigenvalue weighted by atomic mass is 32.5. The van der Waals surface area contributed by atoms with Crippen LogP contribution >= 0.6 is 10.2 Å². The molecule has 0 bridgehead atoms. The summed E-state index contributed by atoms with van der Waals surface area (Å²) in [7, 11) is -9.75. The molecule has 2 nitrogen and oxygen atoms in total. The molecule has 0 heterocycles. The van der Waals surface area contributed by atoms with Gasteiger partial charge in [0, 0.05) is 6.07 Å². The van der Waals surface area contributed by atoms with Gasteiger partial charge in [-0.1, -0.05) is 37.6 Å². The number of rotatable bonds is 3. The van der Waals surface area contributed by atoms with Crippen LogP contribution in [-0.4, -0.2) is 5.11 Å². The molecule has 0 atom stereocenters. The molecule has 1 N–H and O–H groups in total. The van der Waals surface area contributed by atoms with E-state index >= 15 is 0 Å². The van der Waals surface area contributed by atoms with Crippen LogP contribution in [0.1, 0.15) is 0 Å². The number of phenolic OH excluding ortho intramolecular Hbond substituents is 1. The van der Waals surface area contributed by atoms with Gasteiger partial charge in [-0.3, -0.25) is 0 Å². The first-order valence-corrected chi connectivity index (χ1v) is 7.21. The molecular formula is C12H9F5O2S. The highest BCUT2D eigenvalue weighted by molar-refractivity contribution is 8.45. The Morgan fingerprint density at radius 3 is 2.10 bits per heavy atom. The highest BCUT2D eigenvalue weighted by Gasteiger charge is 2.65. The summed E-state index contributed by atoms with van der Waals surface area (Å²) in [5.74, 6) is -0.894. The fourth-order valence-corrected chi connectivity index (χ4v) is 2.12. The van der Waals surface area contributed by atoms with Crippen LogP contribution in [0.2, 0.25) is 0 Å². The summed E-state index contributed by atoms with van der Waals surface area (Å²) in [5.41, 5.74) is 0. The van der Waals surface area contributed by atoms with Gasteiger partial charge >= 0.3 is 10.2 Å². The first-order chi connectivity index (χ1) is 8.95. The maximum absolute atomic E-state index is 12.6. The second kappa shape index (κ2) is 3.78. The number of para-hydroxylation sites is 2. The van der Waals surface area contributed by atoms with E-state index in [1.54, 1.807) is 0 Å². The number of hydrogen-bond acceptors (Lipinski definition) is 2. The van der Waals surface area contributed by atoms with Gasteiger partial charge in [0.25, 0.3) is 0 Å². The van der Waals surface area contributed by atoms with Gasteiger partial charge in [-0.2, -0.15) is 0 Å². The molecule has 2 aromatic rings. The summed E-state index contributed by atoms with van der Waals surface area (Å²) in [6.45, 7) is 0. The fourth-order valence-electron chi connectivity index (χ4n) is 1.45. The highest BCUT2D eigenvalue weighted by Crippen LogP contribution is 3.02. The molecule has 0 saturated carbocycles. The normalized spacial score (nSPS) is 15.2. The van der Waals surface area contributed by atoms with Gasteiger partial charge in [-0.25, -0.2) is 0 Å². The largest absolute Gasteiger partial charge is 0.504 e. The minimum absolute atomic E-state index is 0.133. The molecule has 0 aliphatic heterocycles. The second-order valence-corrected chi connectivity index (χ2v) is 6.42. The quantitative estimate of drug-likeness (QED) is 0.721. The van der Waals surface area contributed by atoms with E-state index in [9.17, 15) is 24.5 Å². The number of ether oxygens (including phenoxy) is 1. The standard InChI is InChI=1S/C12H9F5O2S/c13-20(14,15,16,17)10-5-3-4-9(8-10)19-12-7-2-1-6-11(12)18/h1-8,18H. The summed E-state index contributed by atoms with van der Waals surface area (Å²) in [5, 5.41) is 9.41. The van der Waals surface area contributed by atoms with Gasteiger partial charge < -0.3 is 9.84 Å². The van der Waals surface area contributed by atoms with Crippen molar-refractivity contribution in [2.75, 3.05) is 0 Å². The zero-order chi connectivity index (χ0) is 15.1. The average Bonchev–Trinajstić information content (AvgIpc) is 2.30. The Bertz CT molecular complexity index is 654. The van der Waals surface area contributed by atoms with Crippen molar-refractivity contribution in [2.45, 2.75) is 4.90 Å². The van der Waals surface area contributed by atoms with Gasteiger partial charge in [-0.15, -0.1) is 0 Å². The molecule has 8 heteroatoms. The SMILES string of the molecule is Oc1ccccc1Oc1cccc(S(F)(F)(F)(F)F)c1. The maximum atomic E-state index is 12.6. The van der Waals surface area contributed by atoms with Crippen molar-refractivity contribution in [1.82, 2.24) is 0 Å². The first-order valence-electron chi connectivity index (χ1n) is 5.26. The molecular weight excluding hydrogens is 303 g/mol. The molecule has 20 heavy (non-hydrogen) atoms. The number of benzene rings is 2. The van der Waals surface area contributed by atoms with Gasteiger partial charge in [0.2, 0.25) is 0 Å². The Hall–Kier alpha value is -1.96. The molecule has 0 amide bonds. The molecule has 0 spiro atoms. The molecule has 0 aliphatic carbocycles. The Labute approximate surface area is 111 Å². The number of aromatic hydroxyl groups is 1. The van der Waals surface area contributed by atoms with Crippen LogP contribution < -0.4 is 4.74 Å². The third kappa shape index (κ3) is 3.32. The minimum atomic E-state index is -9.75. The van der Waals surface area contributed by atoms with Crippen molar-refractivity contribution >= 4 is 10.2 Å². The fraction of sp³-hybridized carbons (Fsp3) is 0. The lowest BCUT2D eigenvalue weighted by atomic mass is 10.3. The van der Waals surface area contributed by atoms with E-state index in [-0.39, 0.29) is 23.6 Å². The zero-order valence-corrected chi connectivity index (χ0v) is 10.6. The number of halogens is 5. The Kier molecular flexibility index (Phi) is 2.73. The smallest absolute Gasteiger partial charge is 0.310 e. The van der Waals surface area contributed by atoms with E-state index in [0.29, 0.717) is 0 Å². The van der Waals surface area contributed by atoms with Crippen LogP contribution in [0.3, 0.4) is 0 Å². The summed E-state index contributed by atoms with van der Waals surface area (Å²) in [6, 6.07) is 7.87. The lowest BCUT2D eigenvalue weighted by molar-refractivity contribution is 0.362. The summed E-state index contributed by atoms with van der Waals surface area (Å²) in [4.78, 5) is -2.04. The third-order valence-corrected chi connectivity index (χ3v) is 3.49. The molecule has 110 valence electrons. The number of phenols is 1. The van der Waals surface area contributed by atoms with Crippen molar-refractivity contribution in [1.29, 1.82) is 0 Å². The van der Waals surface area contributed by atoms with Gasteiger partial charge in [0.05, 0.1) is 0 Å². The third-order valence-electron chi connectivity index (χ3n) is 2.34. The van der Waals surface area contributed by atoms with Crippen LogP contribution in [0.25, 0.3) is 0 Å². The molecule has 0 aliphatic rings. The van der Waals surface area contributed by atoms with Crippen molar-refractivity contribution in [2.24, 2.45) is 0 Å². The van der Waals surface area contributed by atoms with Crippen molar-refractivity contribution in [3.63, 3.8) is 0 Å². The van der Waals surface area contributed by atoms with Crippen molar-refractivity contribution in [3.05, 3.63) is 48.5 Å². The molecule has 0 fully saturated rings. The van der Waals surface area contributed by atoms with Crippen molar-refractivity contribution in [3.8, 4) is 17.2 Å². The first kappa shape index (κ1) is 14.4.